The summed E-state index contributed by atoms with van der Waals surface area (Å²) in [7, 11) is -1.95. The molecule has 1 amide bonds. The monoisotopic (exact) mass is 458 g/mol. The number of benzene rings is 3. The van der Waals surface area contributed by atoms with Gasteiger partial charge in [-0.3, -0.25) is 9.10 Å². The van der Waals surface area contributed by atoms with Crippen molar-refractivity contribution in [2.24, 2.45) is 0 Å². The fraction of sp³-hybridized carbons (Fsp3) is 0.174. The van der Waals surface area contributed by atoms with Gasteiger partial charge in [-0.1, -0.05) is 41.9 Å². The molecule has 6 nitrogen and oxygen atoms in total. The van der Waals surface area contributed by atoms with Crippen LogP contribution in [0.5, 0.6) is 0 Å². The van der Waals surface area contributed by atoms with Crippen LogP contribution >= 0.6 is 11.6 Å². The zero-order chi connectivity index (χ0) is 22.4. The van der Waals surface area contributed by atoms with E-state index in [1.54, 1.807) is 61.7 Å². The third-order valence-electron chi connectivity index (χ3n) is 4.59. The molecular formula is C23H23ClN2O4S. The van der Waals surface area contributed by atoms with Crippen molar-refractivity contribution in [2.75, 3.05) is 23.0 Å². The summed E-state index contributed by atoms with van der Waals surface area (Å²) in [5.74, 6) is -0.293. The molecule has 31 heavy (non-hydrogen) atoms. The highest BCUT2D eigenvalue weighted by molar-refractivity contribution is 7.92. The zero-order valence-electron chi connectivity index (χ0n) is 17.2. The van der Waals surface area contributed by atoms with Crippen LogP contribution in [-0.2, 0) is 27.9 Å². The smallest absolute Gasteiger partial charge is 0.255 e. The average Bonchev–Trinajstić information content (AvgIpc) is 2.73. The molecule has 0 fully saturated rings. The summed E-state index contributed by atoms with van der Waals surface area (Å²) in [5, 5.41) is 3.33. The second kappa shape index (κ2) is 9.96. The molecule has 1 N–H and O–H groups in total. The van der Waals surface area contributed by atoms with Gasteiger partial charge in [-0.05, 0) is 53.6 Å². The second-order valence-corrected chi connectivity index (χ2v) is 9.31. The molecule has 0 aromatic heterocycles. The van der Waals surface area contributed by atoms with Crippen molar-refractivity contribution in [3.63, 3.8) is 0 Å². The number of anilines is 2. The highest BCUT2D eigenvalue weighted by Gasteiger charge is 2.19. The first-order valence-electron chi connectivity index (χ1n) is 9.48. The fourth-order valence-corrected chi connectivity index (χ4v) is 4.14. The van der Waals surface area contributed by atoms with Gasteiger partial charge in [0.05, 0.1) is 25.1 Å². The predicted octanol–water partition coefficient (Wildman–Crippen LogP) is 4.70. The minimum Gasteiger partial charge on any atom is -0.380 e. The van der Waals surface area contributed by atoms with Crippen molar-refractivity contribution in [3.8, 4) is 0 Å². The summed E-state index contributed by atoms with van der Waals surface area (Å²) >= 11 is 6.20. The Labute approximate surface area is 187 Å². The summed E-state index contributed by atoms with van der Waals surface area (Å²) < 4.78 is 31.1. The van der Waals surface area contributed by atoms with Gasteiger partial charge in [0, 0.05) is 23.4 Å². The van der Waals surface area contributed by atoms with Crippen molar-refractivity contribution >= 4 is 38.9 Å². The summed E-state index contributed by atoms with van der Waals surface area (Å²) in [4.78, 5) is 12.6. The van der Waals surface area contributed by atoms with Crippen LogP contribution in [0.25, 0.3) is 0 Å². The minimum absolute atomic E-state index is 0.0936. The Morgan fingerprint density at radius 1 is 1.03 bits per heavy atom. The lowest BCUT2D eigenvalue weighted by Crippen LogP contribution is -2.29. The lowest BCUT2D eigenvalue weighted by molar-refractivity contribution is 0.102. The largest absolute Gasteiger partial charge is 0.380 e. The van der Waals surface area contributed by atoms with Gasteiger partial charge in [0.25, 0.3) is 5.91 Å². The van der Waals surface area contributed by atoms with Crippen molar-refractivity contribution in [1.82, 2.24) is 0 Å². The molecule has 0 aliphatic rings. The first-order valence-corrected chi connectivity index (χ1v) is 11.7. The van der Waals surface area contributed by atoms with Gasteiger partial charge in [0.2, 0.25) is 10.0 Å². The number of sulfonamides is 1. The zero-order valence-corrected chi connectivity index (χ0v) is 18.8. The second-order valence-electron chi connectivity index (χ2n) is 7.00. The van der Waals surface area contributed by atoms with Crippen LogP contribution < -0.4 is 9.62 Å². The maximum atomic E-state index is 12.6. The molecule has 0 aliphatic carbocycles. The summed E-state index contributed by atoms with van der Waals surface area (Å²) in [5.41, 5.74) is 3.14. The average molecular weight is 459 g/mol. The minimum atomic E-state index is -3.56. The van der Waals surface area contributed by atoms with Gasteiger partial charge < -0.3 is 10.1 Å². The Hall–Kier alpha value is -2.87. The van der Waals surface area contributed by atoms with Crippen molar-refractivity contribution in [2.45, 2.75) is 13.2 Å². The molecule has 0 spiro atoms. The molecule has 0 saturated heterocycles. The van der Waals surface area contributed by atoms with E-state index in [-0.39, 0.29) is 12.5 Å². The topological polar surface area (TPSA) is 75.7 Å². The molecular weight excluding hydrogens is 436 g/mol. The predicted molar refractivity (Wildman–Crippen MR) is 124 cm³/mol. The van der Waals surface area contributed by atoms with Gasteiger partial charge in [0.1, 0.15) is 0 Å². The number of amides is 1. The Balaban J connectivity index is 1.79. The number of carbonyl (C=O) groups is 1. The molecule has 0 saturated carbocycles. The Bertz CT molecular complexity index is 1160. The highest BCUT2D eigenvalue weighted by atomic mass is 35.5. The van der Waals surface area contributed by atoms with Gasteiger partial charge in [-0.15, -0.1) is 0 Å². The van der Waals surface area contributed by atoms with Crippen molar-refractivity contribution in [1.29, 1.82) is 0 Å². The third-order valence-corrected chi connectivity index (χ3v) is 6.09. The molecule has 0 radical (unpaired) electrons. The van der Waals surface area contributed by atoms with Crippen LogP contribution in [0.1, 0.15) is 21.5 Å². The van der Waals surface area contributed by atoms with E-state index in [1.807, 2.05) is 18.2 Å². The SMILES string of the molecule is COCc1cccc(NC(=O)c2ccc(N(Cc3ccccc3Cl)S(C)(=O)=O)cc2)c1. The number of ether oxygens (including phenoxy) is 1. The number of carbonyl (C=O) groups excluding carboxylic acids is 1. The van der Waals surface area contributed by atoms with Crippen LogP contribution in [-0.4, -0.2) is 27.7 Å². The van der Waals surface area contributed by atoms with Gasteiger partial charge in [-0.25, -0.2) is 8.42 Å². The van der Waals surface area contributed by atoms with Crippen molar-refractivity contribution in [3.05, 3.63) is 94.5 Å². The first-order chi connectivity index (χ1) is 14.8. The molecule has 0 aliphatic heterocycles. The van der Waals surface area contributed by atoms with Crippen LogP contribution in [0.4, 0.5) is 11.4 Å². The van der Waals surface area contributed by atoms with Crippen molar-refractivity contribution < 1.29 is 17.9 Å². The number of nitrogens with zero attached hydrogens (tertiary/aromatic N) is 1. The van der Waals surface area contributed by atoms with Crippen LogP contribution in [0.3, 0.4) is 0 Å². The van der Waals surface area contributed by atoms with Gasteiger partial charge in [0.15, 0.2) is 0 Å². The van der Waals surface area contributed by atoms with Crippen LogP contribution in [0, 0.1) is 0 Å². The maximum absolute atomic E-state index is 12.6. The Kier molecular flexibility index (Phi) is 7.33. The molecule has 0 unspecified atom stereocenters. The summed E-state index contributed by atoms with van der Waals surface area (Å²) in [6, 6.07) is 20.9. The van der Waals surface area contributed by atoms with E-state index in [4.69, 9.17) is 16.3 Å². The van der Waals surface area contributed by atoms with Crippen LogP contribution in [0.2, 0.25) is 5.02 Å². The molecule has 3 aromatic carbocycles. The molecule has 3 aromatic rings. The first kappa shape index (κ1) is 22.8. The molecule has 0 bridgehead atoms. The van der Waals surface area contributed by atoms with E-state index >= 15 is 0 Å². The maximum Gasteiger partial charge on any atom is 0.255 e. The van der Waals surface area contributed by atoms with E-state index in [0.717, 1.165) is 11.8 Å². The number of hydrogen-bond donors (Lipinski definition) is 1. The third kappa shape index (κ3) is 6.07. The lowest BCUT2D eigenvalue weighted by atomic mass is 10.1. The van der Waals surface area contributed by atoms with Crippen LogP contribution in [0.15, 0.2) is 72.8 Å². The number of rotatable bonds is 8. The molecule has 8 heteroatoms. The van der Waals surface area contributed by atoms with E-state index in [9.17, 15) is 13.2 Å². The van der Waals surface area contributed by atoms with Gasteiger partial charge in [-0.2, -0.15) is 0 Å². The Morgan fingerprint density at radius 3 is 2.39 bits per heavy atom. The van der Waals surface area contributed by atoms with E-state index in [1.165, 1.54) is 4.31 Å². The Morgan fingerprint density at radius 2 is 1.74 bits per heavy atom. The highest BCUT2D eigenvalue weighted by Crippen LogP contribution is 2.25. The van der Waals surface area contributed by atoms with Gasteiger partial charge >= 0.3 is 0 Å². The normalized spacial score (nSPS) is 11.2. The number of hydrogen-bond acceptors (Lipinski definition) is 4. The molecule has 0 heterocycles. The summed E-state index contributed by atoms with van der Waals surface area (Å²) in [6.07, 6.45) is 1.14. The van der Waals surface area contributed by atoms with E-state index in [0.29, 0.717) is 34.1 Å². The fourth-order valence-electron chi connectivity index (χ4n) is 3.07. The molecule has 0 atom stereocenters. The number of methoxy groups -OCH3 is 1. The number of halogens is 1. The number of nitrogens with one attached hydrogen (secondary N) is 1. The quantitative estimate of drug-likeness (QED) is 0.530. The van der Waals surface area contributed by atoms with E-state index in [2.05, 4.69) is 5.32 Å². The standard InChI is InChI=1S/C23H23ClN2O4S/c1-30-16-17-6-5-8-20(14-17)25-23(27)18-10-12-21(13-11-18)26(31(2,28)29)15-19-7-3-4-9-22(19)24/h3-14H,15-16H2,1-2H3,(H,25,27). The molecule has 162 valence electrons. The van der Waals surface area contributed by atoms with E-state index < -0.39 is 10.0 Å². The molecule has 3 rings (SSSR count). The summed E-state index contributed by atoms with van der Waals surface area (Å²) in [6.45, 7) is 0.543. The lowest BCUT2D eigenvalue weighted by Gasteiger charge is -2.23.